The zero-order valence-electron chi connectivity index (χ0n) is 13.1. The monoisotopic (exact) mass is 299 g/mol. The number of ether oxygens (including phenoxy) is 1. The summed E-state index contributed by atoms with van der Waals surface area (Å²) in [7, 11) is 0. The molecular weight excluding hydrogens is 274 g/mol. The fourth-order valence-corrected chi connectivity index (χ4v) is 5.77. The van der Waals surface area contributed by atoms with Crippen LogP contribution >= 0.6 is 0 Å². The average molecular weight is 299 g/mol. The molecule has 0 aliphatic heterocycles. The summed E-state index contributed by atoms with van der Waals surface area (Å²) >= 11 is 0. The van der Waals surface area contributed by atoms with Crippen molar-refractivity contribution >= 4 is 5.91 Å². The van der Waals surface area contributed by atoms with Gasteiger partial charge in [0.25, 0.3) is 5.91 Å². The molecule has 0 atom stereocenters. The number of hydrogen-bond acceptors (Lipinski definition) is 2. The third-order valence-electron chi connectivity index (χ3n) is 6.21. The maximum Gasteiger partial charge on any atom is 0.252 e. The van der Waals surface area contributed by atoms with E-state index in [4.69, 9.17) is 10.5 Å². The van der Waals surface area contributed by atoms with Crippen molar-refractivity contribution in [2.75, 3.05) is 6.61 Å². The molecule has 5 rings (SSSR count). The highest BCUT2D eigenvalue weighted by Crippen LogP contribution is 2.61. The lowest BCUT2D eigenvalue weighted by Crippen LogP contribution is -2.46. The Bertz CT molecular complexity index is 545. The van der Waals surface area contributed by atoms with Crippen LogP contribution in [-0.4, -0.2) is 12.5 Å². The Hall–Kier alpha value is -1.51. The third kappa shape index (κ3) is 2.51. The lowest BCUT2D eigenvalue weighted by molar-refractivity contribution is -0.0622. The number of primary amides is 1. The minimum absolute atomic E-state index is 0.412. The number of carbonyl (C=O) groups excluding carboxylic acids is 1. The quantitative estimate of drug-likeness (QED) is 0.899. The normalized spacial score (nSPS) is 35.5. The van der Waals surface area contributed by atoms with E-state index in [0.717, 1.165) is 24.2 Å². The lowest BCUT2D eigenvalue weighted by Gasteiger charge is -2.57. The molecule has 0 unspecified atom stereocenters. The number of para-hydroxylation sites is 1. The van der Waals surface area contributed by atoms with Crippen LogP contribution in [0.3, 0.4) is 0 Å². The first kappa shape index (κ1) is 14.1. The Labute approximate surface area is 132 Å². The van der Waals surface area contributed by atoms with Gasteiger partial charge in [-0.2, -0.15) is 0 Å². The molecule has 0 spiro atoms. The molecule has 0 heterocycles. The highest BCUT2D eigenvalue weighted by molar-refractivity contribution is 5.95. The van der Waals surface area contributed by atoms with E-state index in [9.17, 15) is 4.79 Å². The van der Waals surface area contributed by atoms with Crippen LogP contribution in [0.5, 0.6) is 5.75 Å². The smallest absolute Gasteiger partial charge is 0.252 e. The number of rotatable bonds is 5. The van der Waals surface area contributed by atoms with E-state index < -0.39 is 5.91 Å². The van der Waals surface area contributed by atoms with E-state index in [1.807, 2.05) is 18.2 Å². The second kappa shape index (κ2) is 5.29. The van der Waals surface area contributed by atoms with E-state index in [0.29, 0.717) is 23.3 Å². The first-order valence-corrected chi connectivity index (χ1v) is 8.65. The molecule has 1 amide bonds. The zero-order chi connectivity index (χ0) is 15.2. The van der Waals surface area contributed by atoms with Crippen molar-refractivity contribution in [3.8, 4) is 5.75 Å². The Balaban J connectivity index is 1.41. The van der Waals surface area contributed by atoms with E-state index >= 15 is 0 Å². The standard InChI is InChI=1S/C19H25NO2/c20-18(21)16-3-1-2-4-17(16)22-6-5-19-10-13-7-14(11-19)9-15(8-13)12-19/h1-4,13-15H,5-12H2,(H2,20,21). The summed E-state index contributed by atoms with van der Waals surface area (Å²) in [4.78, 5) is 11.4. The molecular formula is C19H25NO2. The number of carbonyl (C=O) groups is 1. The van der Waals surface area contributed by atoms with Gasteiger partial charge in [0.2, 0.25) is 0 Å². The van der Waals surface area contributed by atoms with Gasteiger partial charge in [-0.05, 0) is 80.2 Å². The molecule has 4 aliphatic rings. The van der Waals surface area contributed by atoms with Crippen LogP contribution in [0.4, 0.5) is 0 Å². The van der Waals surface area contributed by atoms with Gasteiger partial charge in [-0.1, -0.05) is 12.1 Å². The van der Waals surface area contributed by atoms with Crippen LogP contribution in [0.2, 0.25) is 0 Å². The zero-order valence-corrected chi connectivity index (χ0v) is 13.1. The number of benzene rings is 1. The molecule has 3 heteroatoms. The molecule has 4 aliphatic carbocycles. The summed E-state index contributed by atoms with van der Waals surface area (Å²) in [5.41, 5.74) is 6.43. The van der Waals surface area contributed by atoms with Crippen molar-refractivity contribution in [2.45, 2.75) is 44.9 Å². The summed E-state index contributed by atoms with van der Waals surface area (Å²) in [6, 6.07) is 7.31. The van der Waals surface area contributed by atoms with Gasteiger partial charge in [0.05, 0.1) is 12.2 Å². The minimum atomic E-state index is -0.412. The molecule has 0 radical (unpaired) electrons. The predicted octanol–water partition coefficient (Wildman–Crippen LogP) is 3.77. The van der Waals surface area contributed by atoms with Crippen LogP contribution in [-0.2, 0) is 0 Å². The molecule has 0 saturated heterocycles. The summed E-state index contributed by atoms with van der Waals surface area (Å²) in [6.07, 6.45) is 9.77. The Kier molecular flexibility index (Phi) is 3.39. The topological polar surface area (TPSA) is 52.3 Å². The lowest BCUT2D eigenvalue weighted by atomic mass is 9.49. The highest BCUT2D eigenvalue weighted by Gasteiger charge is 2.50. The first-order valence-electron chi connectivity index (χ1n) is 8.65. The maximum atomic E-state index is 11.4. The van der Waals surface area contributed by atoms with E-state index in [1.165, 1.54) is 38.5 Å². The van der Waals surface area contributed by atoms with Gasteiger partial charge in [-0.25, -0.2) is 0 Å². The third-order valence-corrected chi connectivity index (χ3v) is 6.21. The van der Waals surface area contributed by atoms with Crippen molar-refractivity contribution in [1.82, 2.24) is 0 Å². The van der Waals surface area contributed by atoms with Crippen LogP contribution in [0.25, 0.3) is 0 Å². The molecule has 1 aromatic rings. The van der Waals surface area contributed by atoms with Gasteiger partial charge in [-0.3, -0.25) is 4.79 Å². The van der Waals surface area contributed by atoms with Crippen LogP contribution in [0.15, 0.2) is 24.3 Å². The Morgan fingerprint density at radius 2 is 1.68 bits per heavy atom. The summed E-state index contributed by atoms with van der Waals surface area (Å²) in [5.74, 6) is 3.16. The Morgan fingerprint density at radius 3 is 2.27 bits per heavy atom. The summed E-state index contributed by atoms with van der Waals surface area (Å²) < 4.78 is 5.94. The molecule has 0 aromatic heterocycles. The van der Waals surface area contributed by atoms with Gasteiger partial charge in [-0.15, -0.1) is 0 Å². The fourth-order valence-electron chi connectivity index (χ4n) is 5.77. The molecule has 4 bridgehead atoms. The van der Waals surface area contributed by atoms with Gasteiger partial charge < -0.3 is 10.5 Å². The number of amides is 1. The molecule has 1 aromatic carbocycles. The van der Waals surface area contributed by atoms with Crippen molar-refractivity contribution in [3.05, 3.63) is 29.8 Å². The second-order valence-electron chi connectivity index (χ2n) is 7.88. The van der Waals surface area contributed by atoms with E-state index in [-0.39, 0.29) is 0 Å². The minimum Gasteiger partial charge on any atom is -0.493 e. The largest absolute Gasteiger partial charge is 0.493 e. The molecule has 4 fully saturated rings. The van der Waals surface area contributed by atoms with Crippen molar-refractivity contribution in [3.63, 3.8) is 0 Å². The van der Waals surface area contributed by atoms with Crippen molar-refractivity contribution < 1.29 is 9.53 Å². The van der Waals surface area contributed by atoms with Crippen LogP contribution < -0.4 is 10.5 Å². The SMILES string of the molecule is NC(=O)c1ccccc1OCCC12CC3CC(CC(C3)C1)C2. The molecule has 22 heavy (non-hydrogen) atoms. The number of nitrogens with two attached hydrogens (primary N) is 1. The van der Waals surface area contributed by atoms with Gasteiger partial charge in [0.15, 0.2) is 0 Å². The van der Waals surface area contributed by atoms with E-state index in [1.54, 1.807) is 6.07 Å². The van der Waals surface area contributed by atoms with Crippen LogP contribution in [0, 0.1) is 23.2 Å². The van der Waals surface area contributed by atoms with Crippen molar-refractivity contribution in [2.24, 2.45) is 28.9 Å². The van der Waals surface area contributed by atoms with Crippen molar-refractivity contribution in [1.29, 1.82) is 0 Å². The molecule has 2 N–H and O–H groups in total. The number of hydrogen-bond donors (Lipinski definition) is 1. The first-order chi connectivity index (χ1) is 10.6. The van der Waals surface area contributed by atoms with Gasteiger partial charge >= 0.3 is 0 Å². The average Bonchev–Trinajstić information content (AvgIpc) is 2.46. The highest BCUT2D eigenvalue weighted by atomic mass is 16.5. The van der Waals surface area contributed by atoms with Gasteiger partial charge in [0.1, 0.15) is 5.75 Å². The van der Waals surface area contributed by atoms with Gasteiger partial charge in [0, 0.05) is 0 Å². The Morgan fingerprint density at radius 1 is 1.09 bits per heavy atom. The molecule has 4 saturated carbocycles. The predicted molar refractivity (Wildman–Crippen MR) is 85.7 cm³/mol. The van der Waals surface area contributed by atoms with E-state index in [2.05, 4.69) is 0 Å². The summed E-state index contributed by atoms with van der Waals surface area (Å²) in [6.45, 7) is 0.705. The maximum absolute atomic E-state index is 11.4. The molecule has 3 nitrogen and oxygen atoms in total. The fraction of sp³-hybridized carbons (Fsp3) is 0.632. The van der Waals surface area contributed by atoms with Crippen LogP contribution in [0.1, 0.15) is 55.3 Å². The second-order valence-corrected chi connectivity index (χ2v) is 7.88. The molecule has 118 valence electrons. The summed E-state index contributed by atoms with van der Waals surface area (Å²) in [5, 5.41) is 0.